The number of rotatable bonds is 6. The molecule has 0 atom stereocenters. The molecule has 0 radical (unpaired) electrons. The van der Waals surface area contributed by atoms with Crippen molar-refractivity contribution < 1.29 is 30.0 Å². The number of hydrogen-bond donors (Lipinski definition) is 0. The zero-order chi connectivity index (χ0) is 29.8. The summed E-state index contributed by atoms with van der Waals surface area (Å²) >= 11 is 0. The van der Waals surface area contributed by atoms with E-state index in [2.05, 4.69) is 196 Å². The maximum atomic E-state index is 7.75. The molecule has 0 aliphatic carbocycles. The summed E-state index contributed by atoms with van der Waals surface area (Å²) in [5.74, 6) is 0. The average molecular weight is 691 g/mol. The minimum atomic E-state index is -0.877. The van der Waals surface area contributed by atoms with Crippen molar-refractivity contribution >= 4 is 61.2 Å². The quantitative estimate of drug-likeness (QED) is 0.0959. The van der Waals surface area contributed by atoms with Crippen molar-refractivity contribution in [2.45, 2.75) is 0 Å². The standard InChI is InChI=1S/2C18H15P.2CHO.Pd/c2*1-4-10-16(11-5-1)19(17-12-6-2-7-13-17)18-14-8-3-9-15-18;2*1-2;/h2*1-15H;2*1H;/q;;2*-1;+2/p+2. The van der Waals surface area contributed by atoms with E-state index in [1.165, 1.54) is 31.8 Å². The molecule has 43 heavy (non-hydrogen) atoms. The Morgan fingerprint density at radius 3 is 0.488 bits per heavy atom. The fourth-order valence-corrected chi connectivity index (χ4v) is 9.78. The first-order valence-corrected chi connectivity index (χ1v) is 16.4. The minimum absolute atomic E-state index is 0. The molecule has 0 N–H and O–H groups in total. The van der Waals surface area contributed by atoms with Gasteiger partial charge >= 0.3 is 20.4 Å². The summed E-state index contributed by atoms with van der Waals surface area (Å²) in [6.07, 6.45) is 0. The smallest absolute Gasteiger partial charge is 0.545 e. The van der Waals surface area contributed by atoms with E-state index in [0.717, 1.165) is 0 Å². The van der Waals surface area contributed by atoms with Gasteiger partial charge in [0.15, 0.2) is 0 Å². The molecule has 0 heterocycles. The van der Waals surface area contributed by atoms with Gasteiger partial charge in [0.05, 0.1) is 15.8 Å². The first kappa shape index (κ1) is 35.4. The fourth-order valence-electron chi connectivity index (χ4n) is 4.63. The Balaban J connectivity index is 0.000000264. The van der Waals surface area contributed by atoms with Crippen molar-refractivity contribution in [1.29, 1.82) is 0 Å². The Bertz CT molecular complexity index is 1220. The van der Waals surface area contributed by atoms with Gasteiger partial charge in [-0.25, -0.2) is 0 Å². The Labute approximate surface area is 272 Å². The summed E-state index contributed by atoms with van der Waals surface area (Å²) in [6, 6.07) is 65.0. The van der Waals surface area contributed by atoms with Crippen LogP contribution in [-0.4, -0.2) is 13.6 Å². The molecule has 6 rings (SSSR count). The van der Waals surface area contributed by atoms with E-state index >= 15 is 0 Å². The molecule has 0 aliphatic heterocycles. The molecule has 0 saturated heterocycles. The summed E-state index contributed by atoms with van der Waals surface area (Å²) in [5.41, 5.74) is 0. The summed E-state index contributed by atoms with van der Waals surface area (Å²) < 4.78 is 0. The first-order valence-electron chi connectivity index (χ1n) is 13.4. The number of hydrogen-bond acceptors (Lipinski definition) is 2. The van der Waals surface area contributed by atoms with Crippen LogP contribution in [-0.2, 0) is 30.0 Å². The second-order valence-corrected chi connectivity index (χ2v) is 13.9. The van der Waals surface area contributed by atoms with Crippen molar-refractivity contribution in [2.24, 2.45) is 0 Å². The monoisotopic (exact) mass is 690 g/mol. The van der Waals surface area contributed by atoms with Crippen LogP contribution in [0.25, 0.3) is 0 Å². The van der Waals surface area contributed by atoms with Crippen LogP contribution in [0.4, 0.5) is 0 Å². The Morgan fingerprint density at radius 2 is 0.372 bits per heavy atom. The zero-order valence-corrected chi connectivity index (χ0v) is 27.2. The molecule has 0 unspecified atom stereocenters. The van der Waals surface area contributed by atoms with E-state index in [9.17, 15) is 0 Å². The van der Waals surface area contributed by atoms with E-state index in [4.69, 9.17) is 9.59 Å². The molecular formula is C38H34O2P2Pd+2. The van der Waals surface area contributed by atoms with E-state index in [-0.39, 0.29) is 20.4 Å². The molecular weight excluding hydrogens is 657 g/mol. The third-order valence-corrected chi connectivity index (χ3v) is 11.8. The number of carbonyl (C=O) groups excluding carboxylic acids is 2. The van der Waals surface area contributed by atoms with Gasteiger partial charge in [0.25, 0.3) is 0 Å². The SMILES string of the molecule is [CH-]=O.[CH-]=O.[Pd+2].c1ccc([PH+](c2ccccc2)c2ccccc2)cc1.c1ccc([PH+](c2ccccc2)c2ccccc2)cc1. The largest absolute Gasteiger partial charge is 2.00 e. The van der Waals surface area contributed by atoms with Crippen molar-refractivity contribution in [3.8, 4) is 0 Å². The van der Waals surface area contributed by atoms with Crippen LogP contribution in [0, 0.1) is 0 Å². The minimum Gasteiger partial charge on any atom is -0.545 e. The van der Waals surface area contributed by atoms with Crippen molar-refractivity contribution in [1.82, 2.24) is 0 Å². The molecule has 5 heteroatoms. The molecule has 216 valence electrons. The van der Waals surface area contributed by atoms with Gasteiger partial charge in [0.1, 0.15) is 31.8 Å². The molecule has 0 aromatic heterocycles. The van der Waals surface area contributed by atoms with Crippen LogP contribution < -0.4 is 31.8 Å². The first-order chi connectivity index (χ1) is 20.9. The van der Waals surface area contributed by atoms with Crippen molar-refractivity contribution in [3.05, 3.63) is 182 Å². The normalized spacial score (nSPS) is 9.53. The van der Waals surface area contributed by atoms with Gasteiger partial charge in [-0.15, -0.1) is 0 Å². The summed E-state index contributed by atoms with van der Waals surface area (Å²) in [5, 5.41) is 8.61. The molecule has 0 saturated carbocycles. The third-order valence-electron chi connectivity index (χ3n) is 6.37. The molecule has 0 aliphatic rings. The summed E-state index contributed by atoms with van der Waals surface area (Å²) in [4.78, 5) is 15.5. The third kappa shape index (κ3) is 10.8. The molecule has 0 spiro atoms. The second kappa shape index (κ2) is 21.0. The van der Waals surface area contributed by atoms with Gasteiger partial charge in [-0.05, 0) is 72.8 Å². The summed E-state index contributed by atoms with van der Waals surface area (Å²) in [7, 11) is -1.75. The van der Waals surface area contributed by atoms with Gasteiger partial charge in [-0.3, -0.25) is 13.6 Å². The van der Waals surface area contributed by atoms with Crippen molar-refractivity contribution in [2.75, 3.05) is 0 Å². The van der Waals surface area contributed by atoms with Gasteiger partial charge < -0.3 is 9.59 Å². The molecule has 0 amide bonds. The fraction of sp³-hybridized carbons (Fsp3) is 0. The molecule has 6 aromatic carbocycles. The van der Waals surface area contributed by atoms with Crippen LogP contribution in [0.15, 0.2) is 182 Å². The molecule has 2 nitrogen and oxygen atoms in total. The van der Waals surface area contributed by atoms with E-state index in [1.54, 1.807) is 0 Å². The van der Waals surface area contributed by atoms with E-state index < -0.39 is 15.8 Å². The van der Waals surface area contributed by atoms with Gasteiger partial charge in [-0.2, -0.15) is 0 Å². The second-order valence-electron chi connectivity index (χ2n) is 8.95. The molecule has 0 bridgehead atoms. The number of benzene rings is 6. The van der Waals surface area contributed by atoms with E-state index in [0.29, 0.717) is 0 Å². The summed E-state index contributed by atoms with van der Waals surface area (Å²) in [6.45, 7) is 6.50. The maximum Gasteiger partial charge on any atom is 2.00 e. The zero-order valence-electron chi connectivity index (χ0n) is 23.6. The topological polar surface area (TPSA) is 34.1 Å². The van der Waals surface area contributed by atoms with Crippen LogP contribution in [0.3, 0.4) is 0 Å². The Hall–Kier alpha value is -3.82. The maximum absolute atomic E-state index is 7.75. The predicted molar refractivity (Wildman–Crippen MR) is 187 cm³/mol. The predicted octanol–water partition coefficient (Wildman–Crippen LogP) is 5.80. The van der Waals surface area contributed by atoms with Crippen LogP contribution in [0.1, 0.15) is 0 Å². The Kier molecular flexibility index (Phi) is 17.2. The van der Waals surface area contributed by atoms with Gasteiger partial charge in [-0.1, -0.05) is 109 Å². The van der Waals surface area contributed by atoms with Crippen LogP contribution in [0.5, 0.6) is 0 Å². The van der Waals surface area contributed by atoms with Crippen LogP contribution in [0.2, 0.25) is 0 Å². The van der Waals surface area contributed by atoms with Crippen molar-refractivity contribution in [3.63, 3.8) is 0 Å². The van der Waals surface area contributed by atoms with Gasteiger partial charge in [0, 0.05) is 0 Å². The Morgan fingerprint density at radius 1 is 0.256 bits per heavy atom. The average Bonchev–Trinajstić information content (AvgIpc) is 3.10. The van der Waals surface area contributed by atoms with Gasteiger partial charge in [0.2, 0.25) is 0 Å². The van der Waals surface area contributed by atoms with Crippen LogP contribution >= 0.6 is 15.8 Å². The molecule has 0 fully saturated rings. The van der Waals surface area contributed by atoms with E-state index in [1.807, 2.05) is 0 Å². The molecule has 6 aromatic rings.